The summed E-state index contributed by atoms with van der Waals surface area (Å²) in [6, 6.07) is 11.4. The molecule has 2 fully saturated rings. The number of piperidine rings is 1. The maximum absolute atomic E-state index is 13.3. The largest absolute Gasteiger partial charge is 0.384 e. The Labute approximate surface area is 217 Å². The summed E-state index contributed by atoms with van der Waals surface area (Å²) in [6.45, 7) is 3.73. The summed E-state index contributed by atoms with van der Waals surface area (Å²) in [5.41, 5.74) is 3.22. The first-order valence-corrected chi connectivity index (χ1v) is 14.3. The molecule has 0 unspecified atom stereocenters. The summed E-state index contributed by atoms with van der Waals surface area (Å²) >= 11 is 1.21. The Morgan fingerprint density at radius 1 is 1.14 bits per heavy atom. The Balaban J connectivity index is 0.000000209. The standard InChI is InChI=1S/C13H13N3O3S2.C12H15FN2.2H2/c17-12-2-1-8-16(12)10-3-5-11(6-4-10)21(18,19)15-13-14-7-9-20-13;13-9-1-2-11-10(7-9)12(8-15-11)3-5-14-6-4-12;;/h3-7,9H,1-2,8H2,(H,14,15);1-2,7,14-15H,3-6,8H2;2*1H. The van der Waals surface area contributed by atoms with Crippen LogP contribution in [0.3, 0.4) is 0 Å². The average Bonchev–Trinajstić information content (AvgIpc) is 3.62. The molecule has 11 heteroatoms. The van der Waals surface area contributed by atoms with Crippen molar-refractivity contribution in [3.8, 4) is 0 Å². The molecule has 2 aromatic carbocycles. The van der Waals surface area contributed by atoms with Gasteiger partial charge in [0.2, 0.25) is 5.91 Å². The fraction of sp³-hybridized carbons (Fsp3) is 0.360. The highest BCUT2D eigenvalue weighted by Gasteiger charge is 2.39. The van der Waals surface area contributed by atoms with Crippen LogP contribution in [0.15, 0.2) is 58.9 Å². The van der Waals surface area contributed by atoms with Crippen LogP contribution < -0.4 is 20.3 Å². The Hall–Kier alpha value is -3.02. The number of fused-ring (bicyclic) bond motifs is 2. The van der Waals surface area contributed by atoms with Gasteiger partial charge >= 0.3 is 0 Å². The van der Waals surface area contributed by atoms with Gasteiger partial charge in [-0.25, -0.2) is 17.8 Å². The summed E-state index contributed by atoms with van der Waals surface area (Å²) in [7, 11) is -3.64. The molecule has 4 heterocycles. The van der Waals surface area contributed by atoms with Crippen LogP contribution >= 0.6 is 11.3 Å². The second-order valence-electron chi connectivity index (χ2n) is 9.16. The lowest BCUT2D eigenvalue weighted by atomic mass is 9.75. The van der Waals surface area contributed by atoms with Crippen molar-refractivity contribution >= 4 is 43.8 Å². The molecule has 0 radical (unpaired) electrons. The maximum Gasteiger partial charge on any atom is 0.263 e. The van der Waals surface area contributed by atoms with E-state index in [-0.39, 0.29) is 24.9 Å². The van der Waals surface area contributed by atoms with E-state index in [1.807, 2.05) is 6.07 Å². The highest BCUT2D eigenvalue weighted by atomic mass is 32.2. The van der Waals surface area contributed by atoms with E-state index in [1.54, 1.807) is 28.5 Å². The van der Waals surface area contributed by atoms with Crippen LogP contribution in [0, 0.1) is 5.82 Å². The molecule has 0 aliphatic carbocycles. The molecule has 8 nitrogen and oxygen atoms in total. The van der Waals surface area contributed by atoms with E-state index >= 15 is 0 Å². The summed E-state index contributed by atoms with van der Waals surface area (Å²) < 4.78 is 40.0. The molecule has 3 aromatic rings. The SMILES string of the molecule is Fc1ccc2c(c1)C1(CCNCC1)CN2.O=C1CCCN1c1ccc(S(=O)(=O)Nc2nccs2)cc1.[HH].[HH]. The summed E-state index contributed by atoms with van der Waals surface area (Å²) in [6.07, 6.45) is 5.13. The van der Waals surface area contributed by atoms with Crippen LogP contribution in [-0.2, 0) is 20.2 Å². The number of amides is 1. The monoisotopic (exact) mass is 533 g/mol. The van der Waals surface area contributed by atoms with E-state index in [1.165, 1.54) is 41.3 Å². The van der Waals surface area contributed by atoms with E-state index in [9.17, 15) is 17.6 Å². The molecule has 3 N–H and O–H groups in total. The number of hydrogen-bond acceptors (Lipinski definition) is 7. The van der Waals surface area contributed by atoms with E-state index < -0.39 is 10.0 Å². The molecule has 1 aromatic heterocycles. The van der Waals surface area contributed by atoms with Crippen molar-refractivity contribution < 1.29 is 20.5 Å². The van der Waals surface area contributed by atoms with Crippen LogP contribution in [0.4, 0.5) is 20.9 Å². The van der Waals surface area contributed by atoms with Gasteiger partial charge in [-0.15, -0.1) is 11.3 Å². The van der Waals surface area contributed by atoms with E-state index in [2.05, 4.69) is 20.3 Å². The Kier molecular flexibility index (Phi) is 6.96. The van der Waals surface area contributed by atoms with Crippen molar-refractivity contribution in [2.24, 2.45) is 0 Å². The van der Waals surface area contributed by atoms with Crippen LogP contribution in [0.1, 0.15) is 34.1 Å². The zero-order chi connectivity index (χ0) is 25.2. The minimum Gasteiger partial charge on any atom is -0.384 e. The number of hydrogen-bond donors (Lipinski definition) is 3. The molecule has 0 saturated carbocycles. The molecule has 3 aliphatic heterocycles. The van der Waals surface area contributed by atoms with Gasteiger partial charge < -0.3 is 15.5 Å². The first kappa shape index (κ1) is 24.7. The van der Waals surface area contributed by atoms with Crippen molar-refractivity contribution in [1.29, 1.82) is 0 Å². The summed E-state index contributed by atoms with van der Waals surface area (Å²) in [5.74, 6) is -0.0399. The molecule has 1 amide bonds. The molecular weight excluding hydrogens is 501 g/mol. The third-order valence-electron chi connectivity index (χ3n) is 6.92. The van der Waals surface area contributed by atoms with Crippen molar-refractivity contribution in [2.45, 2.75) is 36.0 Å². The number of halogens is 1. The lowest BCUT2D eigenvalue weighted by Crippen LogP contribution is -2.41. The number of anilines is 3. The van der Waals surface area contributed by atoms with Gasteiger partial charge in [-0.1, -0.05) is 0 Å². The normalized spacial score (nSPS) is 18.4. The Bertz CT molecular complexity index is 1330. The molecular formula is C25H32FN5O3S2. The van der Waals surface area contributed by atoms with Crippen molar-refractivity contribution in [1.82, 2.24) is 10.3 Å². The zero-order valence-electron chi connectivity index (χ0n) is 19.7. The Morgan fingerprint density at radius 2 is 1.92 bits per heavy atom. The predicted molar refractivity (Wildman–Crippen MR) is 144 cm³/mol. The fourth-order valence-electron chi connectivity index (χ4n) is 4.99. The maximum atomic E-state index is 13.3. The minimum atomic E-state index is -3.64. The van der Waals surface area contributed by atoms with Crippen LogP contribution in [0.5, 0.6) is 0 Å². The lowest BCUT2D eigenvalue weighted by Gasteiger charge is -2.33. The van der Waals surface area contributed by atoms with Crippen LogP contribution in [0.25, 0.3) is 0 Å². The van der Waals surface area contributed by atoms with Gasteiger partial charge in [-0.05, 0) is 80.4 Å². The summed E-state index contributed by atoms with van der Waals surface area (Å²) in [5, 5.41) is 8.78. The van der Waals surface area contributed by atoms with E-state index in [0.29, 0.717) is 18.1 Å². The van der Waals surface area contributed by atoms with Crippen molar-refractivity contribution in [2.75, 3.05) is 41.1 Å². The lowest BCUT2D eigenvalue weighted by molar-refractivity contribution is -0.117. The average molecular weight is 534 g/mol. The Morgan fingerprint density at radius 3 is 2.58 bits per heavy atom. The highest BCUT2D eigenvalue weighted by molar-refractivity contribution is 7.93. The number of nitrogens with zero attached hydrogens (tertiary/aromatic N) is 2. The van der Waals surface area contributed by atoms with E-state index in [4.69, 9.17) is 0 Å². The topological polar surface area (TPSA) is 103 Å². The third-order valence-corrected chi connectivity index (χ3v) is 9.09. The van der Waals surface area contributed by atoms with Gasteiger partial charge in [0.1, 0.15) is 5.82 Å². The number of aromatic nitrogens is 1. The van der Waals surface area contributed by atoms with Gasteiger partial charge in [0, 0.05) is 50.7 Å². The summed E-state index contributed by atoms with van der Waals surface area (Å²) in [4.78, 5) is 17.4. The van der Waals surface area contributed by atoms with Crippen LogP contribution in [0.2, 0.25) is 0 Å². The number of nitrogens with one attached hydrogen (secondary N) is 3. The molecule has 6 rings (SSSR count). The number of carbonyl (C=O) groups is 1. The van der Waals surface area contributed by atoms with Crippen molar-refractivity contribution in [3.63, 3.8) is 0 Å². The van der Waals surface area contributed by atoms with Gasteiger partial charge in [-0.3, -0.25) is 9.52 Å². The number of rotatable bonds is 4. The number of sulfonamides is 1. The molecule has 0 bridgehead atoms. The molecule has 3 aliphatic rings. The highest BCUT2D eigenvalue weighted by Crippen LogP contribution is 2.42. The fourth-order valence-corrected chi connectivity index (χ4v) is 6.78. The quantitative estimate of drug-likeness (QED) is 0.458. The number of benzene rings is 2. The molecule has 2 saturated heterocycles. The number of thiazole rings is 1. The van der Waals surface area contributed by atoms with Gasteiger partial charge in [0.15, 0.2) is 5.13 Å². The smallest absolute Gasteiger partial charge is 0.263 e. The van der Waals surface area contributed by atoms with Crippen LogP contribution in [-0.4, -0.2) is 45.5 Å². The predicted octanol–water partition coefficient (Wildman–Crippen LogP) is 4.44. The molecule has 194 valence electrons. The van der Waals surface area contributed by atoms with E-state index in [0.717, 1.165) is 50.3 Å². The van der Waals surface area contributed by atoms with Crippen molar-refractivity contribution in [3.05, 3.63) is 65.4 Å². The second kappa shape index (κ2) is 10.2. The molecule has 0 atom stereocenters. The first-order chi connectivity index (χ1) is 17.4. The molecule has 1 spiro atoms. The first-order valence-electron chi connectivity index (χ1n) is 11.9. The zero-order valence-corrected chi connectivity index (χ0v) is 21.3. The third kappa shape index (κ3) is 5.09. The number of carbonyl (C=O) groups excluding carboxylic acids is 1. The van der Waals surface area contributed by atoms with Gasteiger partial charge in [0.05, 0.1) is 4.90 Å². The van der Waals surface area contributed by atoms with Gasteiger partial charge in [0.25, 0.3) is 10.0 Å². The minimum absolute atomic E-state index is 0. The molecule has 36 heavy (non-hydrogen) atoms. The second-order valence-corrected chi connectivity index (χ2v) is 11.7. The van der Waals surface area contributed by atoms with Gasteiger partial charge in [-0.2, -0.15) is 0 Å².